The molecular formula is C11H19N3. The molecular weight excluding hydrogens is 174 g/mol. The normalized spacial score (nSPS) is 19.3. The molecule has 0 spiro atoms. The molecule has 2 rings (SSSR count). The van der Waals surface area contributed by atoms with Crippen LogP contribution in [0.25, 0.3) is 0 Å². The van der Waals surface area contributed by atoms with Gasteiger partial charge in [0.1, 0.15) is 0 Å². The van der Waals surface area contributed by atoms with Crippen LogP contribution >= 0.6 is 0 Å². The van der Waals surface area contributed by atoms with E-state index in [9.17, 15) is 0 Å². The summed E-state index contributed by atoms with van der Waals surface area (Å²) in [6.07, 6.45) is 8.91. The molecule has 1 saturated carbocycles. The van der Waals surface area contributed by atoms with Crippen LogP contribution in [0.5, 0.6) is 0 Å². The SMILES string of the molecule is CC1(Cn2cncc2CCN)CCC1. The lowest BCUT2D eigenvalue weighted by molar-refractivity contribution is 0.131. The summed E-state index contributed by atoms with van der Waals surface area (Å²) in [6, 6.07) is 0. The van der Waals surface area contributed by atoms with Gasteiger partial charge in [-0.15, -0.1) is 0 Å². The zero-order chi connectivity index (χ0) is 10.0. The Kier molecular flexibility index (Phi) is 2.59. The van der Waals surface area contributed by atoms with Gasteiger partial charge in [-0.1, -0.05) is 13.3 Å². The van der Waals surface area contributed by atoms with E-state index in [0.717, 1.165) is 13.0 Å². The average molecular weight is 193 g/mol. The topological polar surface area (TPSA) is 43.8 Å². The molecule has 3 heteroatoms. The van der Waals surface area contributed by atoms with Crippen LogP contribution in [0.2, 0.25) is 0 Å². The van der Waals surface area contributed by atoms with Crippen molar-refractivity contribution in [1.82, 2.24) is 9.55 Å². The van der Waals surface area contributed by atoms with Crippen LogP contribution in [-0.2, 0) is 13.0 Å². The van der Waals surface area contributed by atoms with E-state index in [1.54, 1.807) is 0 Å². The number of imidazole rings is 1. The number of rotatable bonds is 4. The summed E-state index contributed by atoms with van der Waals surface area (Å²) in [4.78, 5) is 4.19. The highest BCUT2D eigenvalue weighted by Crippen LogP contribution is 2.41. The molecule has 0 unspecified atom stereocenters. The fourth-order valence-corrected chi connectivity index (χ4v) is 2.20. The Bertz CT molecular complexity index is 299. The first-order chi connectivity index (χ1) is 6.73. The Labute approximate surface area is 85.3 Å². The predicted molar refractivity (Wildman–Crippen MR) is 56.9 cm³/mol. The van der Waals surface area contributed by atoms with Crippen molar-refractivity contribution in [3.8, 4) is 0 Å². The van der Waals surface area contributed by atoms with Crippen molar-refractivity contribution >= 4 is 0 Å². The van der Waals surface area contributed by atoms with Gasteiger partial charge in [0.2, 0.25) is 0 Å². The molecule has 0 saturated heterocycles. The van der Waals surface area contributed by atoms with E-state index in [2.05, 4.69) is 16.5 Å². The van der Waals surface area contributed by atoms with E-state index in [1.165, 1.54) is 25.0 Å². The maximum atomic E-state index is 5.56. The molecule has 14 heavy (non-hydrogen) atoms. The molecule has 1 aromatic rings. The molecule has 1 aromatic heterocycles. The van der Waals surface area contributed by atoms with E-state index in [1.807, 2.05) is 12.5 Å². The third-order valence-electron chi connectivity index (χ3n) is 3.31. The summed E-state index contributed by atoms with van der Waals surface area (Å²) in [7, 11) is 0. The molecule has 2 N–H and O–H groups in total. The molecule has 0 aliphatic heterocycles. The van der Waals surface area contributed by atoms with Gasteiger partial charge in [-0.25, -0.2) is 4.98 Å². The van der Waals surface area contributed by atoms with Crippen molar-refractivity contribution in [1.29, 1.82) is 0 Å². The Balaban J connectivity index is 2.04. The fraction of sp³-hybridized carbons (Fsp3) is 0.727. The van der Waals surface area contributed by atoms with Gasteiger partial charge in [0.25, 0.3) is 0 Å². The second kappa shape index (κ2) is 3.73. The average Bonchev–Trinajstić information content (AvgIpc) is 2.51. The highest BCUT2D eigenvalue weighted by molar-refractivity contribution is 5.00. The van der Waals surface area contributed by atoms with E-state index in [-0.39, 0.29) is 0 Å². The number of hydrogen-bond acceptors (Lipinski definition) is 2. The third kappa shape index (κ3) is 1.82. The van der Waals surface area contributed by atoms with Crippen LogP contribution in [0.3, 0.4) is 0 Å². The Morgan fingerprint density at radius 3 is 2.93 bits per heavy atom. The zero-order valence-electron chi connectivity index (χ0n) is 8.87. The molecule has 1 aliphatic carbocycles. The summed E-state index contributed by atoms with van der Waals surface area (Å²) in [6.45, 7) is 4.19. The minimum absolute atomic E-state index is 0.518. The number of aromatic nitrogens is 2. The summed E-state index contributed by atoms with van der Waals surface area (Å²) < 4.78 is 2.27. The lowest BCUT2D eigenvalue weighted by Gasteiger charge is -2.39. The summed E-state index contributed by atoms with van der Waals surface area (Å²) in [5.41, 5.74) is 7.35. The van der Waals surface area contributed by atoms with Crippen LogP contribution in [0.15, 0.2) is 12.5 Å². The molecule has 0 atom stereocenters. The van der Waals surface area contributed by atoms with Crippen LogP contribution in [0.4, 0.5) is 0 Å². The third-order valence-corrected chi connectivity index (χ3v) is 3.31. The molecule has 1 aliphatic rings. The molecule has 0 amide bonds. The summed E-state index contributed by atoms with van der Waals surface area (Å²) >= 11 is 0. The van der Waals surface area contributed by atoms with Gasteiger partial charge in [0.05, 0.1) is 6.33 Å². The molecule has 0 aromatic carbocycles. The van der Waals surface area contributed by atoms with E-state index >= 15 is 0 Å². The fourth-order valence-electron chi connectivity index (χ4n) is 2.20. The van der Waals surface area contributed by atoms with Crippen LogP contribution in [-0.4, -0.2) is 16.1 Å². The first-order valence-electron chi connectivity index (χ1n) is 5.43. The Hall–Kier alpha value is -0.830. The van der Waals surface area contributed by atoms with Gasteiger partial charge < -0.3 is 10.3 Å². The van der Waals surface area contributed by atoms with Crippen molar-refractivity contribution in [3.63, 3.8) is 0 Å². The number of nitrogens with zero attached hydrogens (tertiary/aromatic N) is 2. The van der Waals surface area contributed by atoms with Crippen molar-refractivity contribution in [3.05, 3.63) is 18.2 Å². The lowest BCUT2D eigenvalue weighted by atomic mass is 9.70. The van der Waals surface area contributed by atoms with Crippen LogP contribution in [0, 0.1) is 5.41 Å². The maximum absolute atomic E-state index is 5.56. The Morgan fingerprint density at radius 2 is 2.36 bits per heavy atom. The molecule has 1 fully saturated rings. The Morgan fingerprint density at radius 1 is 1.57 bits per heavy atom. The van der Waals surface area contributed by atoms with Crippen LogP contribution < -0.4 is 5.73 Å². The van der Waals surface area contributed by atoms with Gasteiger partial charge in [-0.05, 0) is 24.8 Å². The molecule has 3 nitrogen and oxygen atoms in total. The van der Waals surface area contributed by atoms with E-state index in [4.69, 9.17) is 5.73 Å². The largest absolute Gasteiger partial charge is 0.334 e. The lowest BCUT2D eigenvalue weighted by Crippen LogP contribution is -2.31. The summed E-state index contributed by atoms with van der Waals surface area (Å²) in [5, 5.41) is 0. The molecule has 78 valence electrons. The minimum Gasteiger partial charge on any atom is -0.334 e. The first kappa shape index (κ1) is 9.71. The van der Waals surface area contributed by atoms with Gasteiger partial charge in [0.15, 0.2) is 0 Å². The predicted octanol–water partition coefficient (Wildman–Crippen LogP) is 1.57. The number of nitrogens with two attached hydrogens (primary N) is 1. The first-order valence-corrected chi connectivity index (χ1v) is 5.43. The second-order valence-electron chi connectivity index (χ2n) is 4.72. The van der Waals surface area contributed by atoms with Crippen molar-refractivity contribution in [2.45, 2.75) is 39.2 Å². The van der Waals surface area contributed by atoms with E-state index < -0.39 is 0 Å². The second-order valence-corrected chi connectivity index (χ2v) is 4.72. The quantitative estimate of drug-likeness (QED) is 0.789. The molecule has 0 bridgehead atoms. The van der Waals surface area contributed by atoms with Gasteiger partial charge in [-0.2, -0.15) is 0 Å². The standard InChI is InChI=1S/C11H19N3/c1-11(4-2-5-11)8-14-9-13-7-10(14)3-6-12/h7,9H,2-6,8,12H2,1H3. The maximum Gasteiger partial charge on any atom is 0.0948 e. The van der Waals surface area contributed by atoms with Crippen molar-refractivity contribution < 1.29 is 0 Å². The van der Waals surface area contributed by atoms with Crippen molar-refractivity contribution in [2.75, 3.05) is 6.54 Å². The zero-order valence-corrected chi connectivity index (χ0v) is 8.87. The highest BCUT2D eigenvalue weighted by atomic mass is 15.1. The van der Waals surface area contributed by atoms with Crippen molar-refractivity contribution in [2.24, 2.45) is 11.1 Å². The minimum atomic E-state index is 0.518. The monoisotopic (exact) mass is 193 g/mol. The van der Waals surface area contributed by atoms with Gasteiger partial charge in [-0.3, -0.25) is 0 Å². The molecule has 1 heterocycles. The number of hydrogen-bond donors (Lipinski definition) is 1. The van der Waals surface area contributed by atoms with Gasteiger partial charge in [0, 0.05) is 24.9 Å². The van der Waals surface area contributed by atoms with Gasteiger partial charge >= 0.3 is 0 Å². The summed E-state index contributed by atoms with van der Waals surface area (Å²) in [5.74, 6) is 0. The smallest absolute Gasteiger partial charge is 0.0948 e. The van der Waals surface area contributed by atoms with Crippen LogP contribution in [0.1, 0.15) is 31.9 Å². The highest BCUT2D eigenvalue weighted by Gasteiger charge is 2.32. The van der Waals surface area contributed by atoms with E-state index in [0.29, 0.717) is 12.0 Å². The molecule has 0 radical (unpaired) electrons.